The molecule has 0 saturated carbocycles. The molecule has 0 bridgehead atoms. The molecule has 0 aromatic heterocycles. The van der Waals surface area contributed by atoms with Crippen LogP contribution in [0, 0.1) is 12.7 Å². The molecule has 0 aliphatic rings. The van der Waals surface area contributed by atoms with Gasteiger partial charge in [-0.2, -0.15) is 0 Å². The highest BCUT2D eigenvalue weighted by Gasteiger charge is 2.11. The van der Waals surface area contributed by atoms with Gasteiger partial charge in [0.1, 0.15) is 18.2 Å². The van der Waals surface area contributed by atoms with Gasteiger partial charge in [-0.05, 0) is 31.5 Å². The van der Waals surface area contributed by atoms with Crippen molar-refractivity contribution in [2.24, 2.45) is 5.73 Å². The predicted octanol–water partition coefficient (Wildman–Crippen LogP) is 4.39. The van der Waals surface area contributed by atoms with Crippen LogP contribution in [0.2, 0.25) is 5.02 Å². The van der Waals surface area contributed by atoms with Crippen molar-refractivity contribution in [1.29, 1.82) is 0 Å². The van der Waals surface area contributed by atoms with E-state index in [1.807, 2.05) is 32.0 Å². The summed E-state index contributed by atoms with van der Waals surface area (Å²) in [6.07, 6.45) is 0. The van der Waals surface area contributed by atoms with E-state index in [1.54, 1.807) is 12.1 Å². The Labute approximate surface area is 123 Å². The molecule has 2 nitrogen and oxygen atoms in total. The minimum absolute atomic E-state index is 0.0995. The maximum Gasteiger partial charge on any atom is 0.142 e. The van der Waals surface area contributed by atoms with Gasteiger partial charge >= 0.3 is 0 Å². The first kappa shape index (κ1) is 14.8. The minimum atomic E-state index is -0.440. The molecule has 0 spiro atoms. The Balaban J connectivity index is 2.22. The molecule has 106 valence electrons. The van der Waals surface area contributed by atoms with Crippen LogP contribution in [-0.2, 0) is 6.61 Å². The molecular formula is C16H17ClFNO. The van der Waals surface area contributed by atoms with E-state index in [-0.39, 0.29) is 17.7 Å². The van der Waals surface area contributed by atoms with Crippen molar-refractivity contribution in [3.8, 4) is 5.75 Å². The summed E-state index contributed by atoms with van der Waals surface area (Å²) in [6, 6.07) is 10.4. The van der Waals surface area contributed by atoms with Crippen molar-refractivity contribution in [2.75, 3.05) is 0 Å². The molecule has 2 aromatic carbocycles. The lowest BCUT2D eigenvalue weighted by Crippen LogP contribution is -2.08. The first-order valence-corrected chi connectivity index (χ1v) is 6.78. The molecular weight excluding hydrogens is 277 g/mol. The molecule has 1 atom stereocenters. The Morgan fingerprint density at radius 1 is 1.30 bits per heavy atom. The van der Waals surface area contributed by atoms with Gasteiger partial charge in [-0.3, -0.25) is 0 Å². The van der Waals surface area contributed by atoms with E-state index in [0.29, 0.717) is 11.3 Å². The molecule has 0 saturated heterocycles. The molecule has 0 unspecified atom stereocenters. The number of benzene rings is 2. The monoisotopic (exact) mass is 293 g/mol. The summed E-state index contributed by atoms with van der Waals surface area (Å²) in [6.45, 7) is 4.08. The lowest BCUT2D eigenvalue weighted by molar-refractivity contribution is 0.301. The van der Waals surface area contributed by atoms with Gasteiger partial charge in [0.25, 0.3) is 0 Å². The molecule has 0 aliphatic heterocycles. The van der Waals surface area contributed by atoms with Crippen LogP contribution in [-0.4, -0.2) is 0 Å². The largest absolute Gasteiger partial charge is 0.488 e. The smallest absolute Gasteiger partial charge is 0.142 e. The van der Waals surface area contributed by atoms with Crippen LogP contribution in [0.4, 0.5) is 4.39 Å². The Hall–Kier alpha value is -1.58. The maximum absolute atomic E-state index is 13.4. The van der Waals surface area contributed by atoms with E-state index in [1.165, 1.54) is 6.07 Å². The van der Waals surface area contributed by atoms with E-state index < -0.39 is 5.82 Å². The molecule has 2 aromatic rings. The Kier molecular flexibility index (Phi) is 4.63. The average Bonchev–Trinajstić information content (AvgIpc) is 2.40. The van der Waals surface area contributed by atoms with E-state index >= 15 is 0 Å². The number of ether oxygens (including phenoxy) is 1. The molecule has 0 aliphatic carbocycles. The van der Waals surface area contributed by atoms with Crippen molar-refractivity contribution in [3.05, 3.63) is 63.9 Å². The van der Waals surface area contributed by atoms with Crippen LogP contribution in [0.25, 0.3) is 0 Å². The lowest BCUT2D eigenvalue weighted by Gasteiger charge is -2.15. The standard InChI is InChI=1S/C16H17ClFNO/c1-10-6-7-13(11(2)19)15(8-10)20-9-12-4-3-5-14(18)16(12)17/h3-8,11H,9,19H2,1-2H3/t11-/m0/s1. The summed E-state index contributed by atoms with van der Waals surface area (Å²) >= 11 is 5.91. The van der Waals surface area contributed by atoms with Crippen LogP contribution in [0.15, 0.2) is 36.4 Å². The number of halogens is 2. The van der Waals surface area contributed by atoms with Crippen molar-refractivity contribution < 1.29 is 9.13 Å². The quantitative estimate of drug-likeness (QED) is 0.907. The number of hydrogen-bond donors (Lipinski definition) is 1. The van der Waals surface area contributed by atoms with Gasteiger partial charge < -0.3 is 10.5 Å². The summed E-state index contributed by atoms with van der Waals surface area (Å²) in [7, 11) is 0. The molecule has 0 radical (unpaired) electrons. The zero-order valence-corrected chi connectivity index (χ0v) is 12.2. The second kappa shape index (κ2) is 6.25. The third-order valence-electron chi connectivity index (χ3n) is 3.07. The van der Waals surface area contributed by atoms with Crippen LogP contribution < -0.4 is 10.5 Å². The second-order valence-electron chi connectivity index (χ2n) is 4.83. The predicted molar refractivity (Wildman–Crippen MR) is 79.5 cm³/mol. The topological polar surface area (TPSA) is 35.2 Å². The zero-order chi connectivity index (χ0) is 14.7. The van der Waals surface area contributed by atoms with Crippen molar-refractivity contribution in [2.45, 2.75) is 26.5 Å². The number of hydrogen-bond acceptors (Lipinski definition) is 2. The fraction of sp³-hybridized carbons (Fsp3) is 0.250. The van der Waals surface area contributed by atoms with Gasteiger partial charge in [0, 0.05) is 17.2 Å². The Morgan fingerprint density at radius 3 is 2.75 bits per heavy atom. The van der Waals surface area contributed by atoms with Crippen molar-refractivity contribution in [1.82, 2.24) is 0 Å². The highest BCUT2D eigenvalue weighted by atomic mass is 35.5. The normalized spacial score (nSPS) is 12.2. The van der Waals surface area contributed by atoms with Crippen molar-refractivity contribution >= 4 is 11.6 Å². The van der Waals surface area contributed by atoms with Crippen LogP contribution in [0.5, 0.6) is 5.75 Å². The van der Waals surface area contributed by atoms with Crippen LogP contribution in [0.1, 0.15) is 29.7 Å². The van der Waals surface area contributed by atoms with Crippen molar-refractivity contribution in [3.63, 3.8) is 0 Å². The highest BCUT2D eigenvalue weighted by molar-refractivity contribution is 6.31. The SMILES string of the molecule is Cc1ccc([C@H](C)N)c(OCc2cccc(F)c2Cl)c1. The zero-order valence-electron chi connectivity index (χ0n) is 11.5. The van der Waals surface area contributed by atoms with Crippen LogP contribution in [0.3, 0.4) is 0 Å². The minimum Gasteiger partial charge on any atom is -0.488 e. The van der Waals surface area contributed by atoms with Gasteiger partial charge in [0.15, 0.2) is 0 Å². The van der Waals surface area contributed by atoms with E-state index in [9.17, 15) is 4.39 Å². The third kappa shape index (κ3) is 3.30. The fourth-order valence-corrected chi connectivity index (χ4v) is 2.14. The third-order valence-corrected chi connectivity index (χ3v) is 3.50. The van der Waals surface area contributed by atoms with E-state index in [4.69, 9.17) is 22.1 Å². The first-order valence-electron chi connectivity index (χ1n) is 6.41. The Morgan fingerprint density at radius 2 is 2.05 bits per heavy atom. The highest BCUT2D eigenvalue weighted by Crippen LogP contribution is 2.27. The summed E-state index contributed by atoms with van der Waals surface area (Å²) in [5, 5.41) is 0.0995. The maximum atomic E-state index is 13.4. The number of nitrogens with two attached hydrogens (primary N) is 1. The fourth-order valence-electron chi connectivity index (χ4n) is 1.96. The van der Waals surface area contributed by atoms with Crippen LogP contribution >= 0.6 is 11.6 Å². The summed E-state index contributed by atoms with van der Waals surface area (Å²) < 4.78 is 19.1. The summed E-state index contributed by atoms with van der Waals surface area (Å²) in [5.74, 6) is 0.268. The van der Waals surface area contributed by atoms with Gasteiger partial charge in [-0.15, -0.1) is 0 Å². The lowest BCUT2D eigenvalue weighted by atomic mass is 10.1. The Bertz CT molecular complexity index is 613. The van der Waals surface area contributed by atoms with Gasteiger partial charge in [-0.25, -0.2) is 4.39 Å². The molecule has 0 fully saturated rings. The molecule has 2 rings (SSSR count). The number of aryl methyl sites for hydroxylation is 1. The van der Waals surface area contributed by atoms with E-state index in [2.05, 4.69) is 0 Å². The van der Waals surface area contributed by atoms with Gasteiger partial charge in [-0.1, -0.05) is 35.9 Å². The average molecular weight is 294 g/mol. The summed E-state index contributed by atoms with van der Waals surface area (Å²) in [4.78, 5) is 0. The van der Waals surface area contributed by atoms with Gasteiger partial charge in [0.2, 0.25) is 0 Å². The molecule has 0 amide bonds. The van der Waals surface area contributed by atoms with E-state index in [0.717, 1.165) is 11.1 Å². The molecule has 0 heterocycles. The molecule has 2 N–H and O–H groups in total. The number of rotatable bonds is 4. The first-order chi connectivity index (χ1) is 9.49. The summed E-state index contributed by atoms with van der Waals surface area (Å²) in [5.41, 5.74) is 8.53. The second-order valence-corrected chi connectivity index (χ2v) is 5.21. The van der Waals surface area contributed by atoms with Gasteiger partial charge in [0.05, 0.1) is 5.02 Å². The molecule has 4 heteroatoms. The molecule has 20 heavy (non-hydrogen) atoms.